The molecular weight excluding hydrogens is 270 g/mol. The zero-order valence-corrected chi connectivity index (χ0v) is 10.5. The van der Waals surface area contributed by atoms with Crippen molar-refractivity contribution >= 4 is 11.9 Å². The molecule has 0 bridgehead atoms. The molecule has 0 radical (unpaired) electrons. The molecule has 0 saturated carbocycles. The van der Waals surface area contributed by atoms with Crippen LogP contribution in [0.2, 0.25) is 0 Å². The number of aliphatic hydroxyl groups excluding tert-OH is 2. The van der Waals surface area contributed by atoms with Gasteiger partial charge in [0.15, 0.2) is 6.10 Å². The van der Waals surface area contributed by atoms with Gasteiger partial charge in [0.1, 0.15) is 5.75 Å². The van der Waals surface area contributed by atoms with Gasteiger partial charge in [-0.3, -0.25) is 4.79 Å². The Hall–Kier alpha value is -2.16. The number of phenols is 1. The van der Waals surface area contributed by atoms with Gasteiger partial charge in [-0.2, -0.15) is 0 Å². The molecule has 0 aliphatic rings. The van der Waals surface area contributed by atoms with Gasteiger partial charge in [-0.1, -0.05) is 12.1 Å². The highest BCUT2D eigenvalue weighted by Gasteiger charge is 2.16. The summed E-state index contributed by atoms with van der Waals surface area (Å²) in [5.41, 5.74) is 5.87. The van der Waals surface area contributed by atoms with Crippen LogP contribution < -0.4 is 5.73 Å². The largest absolute Gasteiger partial charge is 0.508 e. The second kappa shape index (κ2) is 8.86. The first-order chi connectivity index (χ1) is 9.27. The fourth-order valence-corrected chi connectivity index (χ4v) is 1.12. The third-order valence-corrected chi connectivity index (χ3v) is 2.13. The van der Waals surface area contributed by atoms with Crippen LogP contribution in [0.25, 0.3) is 0 Å². The summed E-state index contributed by atoms with van der Waals surface area (Å²) in [6.45, 7) is 0.170. The summed E-state index contributed by atoms with van der Waals surface area (Å²) in [5, 5.41) is 42.4. The molecule has 0 fully saturated rings. The topological polar surface area (TPSA) is 161 Å². The van der Waals surface area contributed by atoms with Gasteiger partial charge in [0, 0.05) is 6.54 Å². The Morgan fingerprint density at radius 3 is 2.15 bits per heavy atom. The smallest absolute Gasteiger partial charge is 0.333 e. The first-order valence-corrected chi connectivity index (χ1v) is 5.57. The zero-order chi connectivity index (χ0) is 15.7. The number of hydrogen-bond acceptors (Lipinski definition) is 6. The summed E-state index contributed by atoms with van der Waals surface area (Å²) in [6.07, 6.45) is -3.22. The van der Waals surface area contributed by atoms with Crippen LogP contribution in [0.4, 0.5) is 0 Å². The number of phenolic OH excluding ortho intramolecular Hbond substituents is 1. The molecule has 8 heteroatoms. The maximum Gasteiger partial charge on any atom is 0.333 e. The third-order valence-electron chi connectivity index (χ3n) is 2.13. The van der Waals surface area contributed by atoms with Gasteiger partial charge in [0.25, 0.3) is 0 Å². The lowest BCUT2D eigenvalue weighted by molar-refractivity contribution is -0.152. The van der Waals surface area contributed by atoms with E-state index in [2.05, 4.69) is 0 Å². The lowest BCUT2D eigenvalue weighted by Gasteiger charge is -2.06. The van der Waals surface area contributed by atoms with Crippen molar-refractivity contribution in [3.8, 4) is 5.75 Å². The number of nitrogens with two attached hydrogens (primary N) is 1. The predicted molar refractivity (Wildman–Crippen MR) is 68.0 cm³/mol. The summed E-state index contributed by atoms with van der Waals surface area (Å²) < 4.78 is 0. The number of aromatic hydroxyl groups is 1. The van der Waals surface area contributed by atoms with E-state index in [9.17, 15) is 14.7 Å². The van der Waals surface area contributed by atoms with Crippen molar-refractivity contribution in [2.75, 3.05) is 6.54 Å². The highest BCUT2D eigenvalue weighted by molar-refractivity contribution is 5.79. The Balaban J connectivity index is 0.000000370. The van der Waals surface area contributed by atoms with Crippen molar-refractivity contribution in [1.29, 1.82) is 0 Å². The van der Waals surface area contributed by atoms with Crippen LogP contribution in [0, 0.1) is 0 Å². The molecule has 1 aromatic carbocycles. The summed E-state index contributed by atoms with van der Waals surface area (Å²) in [5.74, 6) is -2.70. The number of rotatable bonds is 5. The van der Waals surface area contributed by atoms with Crippen LogP contribution in [0.3, 0.4) is 0 Å². The van der Waals surface area contributed by atoms with E-state index >= 15 is 0 Å². The first kappa shape index (κ1) is 17.8. The maximum absolute atomic E-state index is 9.72. The Morgan fingerprint density at radius 2 is 1.80 bits per heavy atom. The van der Waals surface area contributed by atoms with Crippen molar-refractivity contribution in [3.63, 3.8) is 0 Å². The number of aliphatic hydroxyl groups is 2. The minimum atomic E-state index is -1.79. The van der Waals surface area contributed by atoms with Crippen LogP contribution in [-0.4, -0.2) is 50.1 Å². The molecule has 112 valence electrons. The molecule has 0 heterocycles. The Morgan fingerprint density at radius 1 is 1.20 bits per heavy atom. The van der Waals surface area contributed by atoms with E-state index < -0.39 is 30.6 Å². The molecule has 0 spiro atoms. The molecule has 0 amide bonds. The lowest BCUT2D eigenvalue weighted by atomic mass is 10.1. The summed E-state index contributed by atoms with van der Waals surface area (Å²) in [4.78, 5) is 19.4. The van der Waals surface area contributed by atoms with Crippen molar-refractivity contribution in [3.05, 3.63) is 29.8 Å². The third kappa shape index (κ3) is 7.31. The number of carboxylic acids is 2. The average Bonchev–Trinajstić information content (AvgIpc) is 2.37. The summed E-state index contributed by atoms with van der Waals surface area (Å²) in [6, 6.07) is 6.44. The van der Waals surface area contributed by atoms with Gasteiger partial charge in [0.2, 0.25) is 0 Å². The van der Waals surface area contributed by atoms with Gasteiger partial charge in [-0.15, -0.1) is 0 Å². The fraction of sp³-hybridized carbons (Fsp3) is 0.333. The molecular formula is C12H17NO7. The van der Waals surface area contributed by atoms with Crippen molar-refractivity contribution in [1.82, 2.24) is 0 Å². The van der Waals surface area contributed by atoms with Crippen molar-refractivity contribution in [2.45, 2.75) is 18.6 Å². The second-order valence-corrected chi connectivity index (χ2v) is 3.80. The molecule has 2 atom stereocenters. The first-order valence-electron chi connectivity index (χ1n) is 5.57. The molecule has 0 aromatic heterocycles. The van der Waals surface area contributed by atoms with Crippen LogP contribution in [0.5, 0.6) is 5.75 Å². The van der Waals surface area contributed by atoms with E-state index in [4.69, 9.17) is 26.2 Å². The van der Waals surface area contributed by atoms with E-state index in [-0.39, 0.29) is 12.3 Å². The van der Waals surface area contributed by atoms with E-state index in [1.54, 1.807) is 18.2 Å². The molecule has 0 saturated heterocycles. The highest BCUT2D eigenvalue weighted by Crippen LogP contribution is 2.16. The summed E-state index contributed by atoms with van der Waals surface area (Å²) >= 11 is 0. The standard InChI is InChI=1S/C8H11NO2.C4H6O5/c9-5-8(11)6-2-1-3-7(10)4-6;5-2(4(8)9)1-3(6)7/h1-4,8,10-11H,5,9H2;2,5H,1H2,(H,6,7)(H,8,9). The molecule has 2 unspecified atom stereocenters. The number of aliphatic carboxylic acids is 2. The molecule has 8 nitrogen and oxygen atoms in total. The molecule has 1 aromatic rings. The Bertz CT molecular complexity index is 449. The van der Waals surface area contributed by atoms with Crippen molar-refractivity contribution < 1.29 is 35.1 Å². The van der Waals surface area contributed by atoms with E-state index in [0.717, 1.165) is 0 Å². The van der Waals surface area contributed by atoms with Crippen LogP contribution in [0.15, 0.2) is 24.3 Å². The van der Waals surface area contributed by atoms with Gasteiger partial charge in [-0.05, 0) is 17.7 Å². The quantitative estimate of drug-likeness (QED) is 0.414. The lowest BCUT2D eigenvalue weighted by Crippen LogP contribution is -2.22. The number of hydrogen-bond donors (Lipinski definition) is 6. The predicted octanol–water partition coefficient (Wildman–Crippen LogP) is -0.709. The van der Waals surface area contributed by atoms with E-state index in [1.807, 2.05) is 0 Å². The second-order valence-electron chi connectivity index (χ2n) is 3.80. The minimum absolute atomic E-state index is 0.148. The minimum Gasteiger partial charge on any atom is -0.508 e. The van der Waals surface area contributed by atoms with Crippen LogP contribution in [0.1, 0.15) is 18.1 Å². The zero-order valence-electron chi connectivity index (χ0n) is 10.5. The monoisotopic (exact) mass is 287 g/mol. The van der Waals surface area contributed by atoms with Gasteiger partial charge in [-0.25, -0.2) is 4.79 Å². The Labute approximate surface area is 114 Å². The van der Waals surface area contributed by atoms with E-state index in [0.29, 0.717) is 5.56 Å². The summed E-state index contributed by atoms with van der Waals surface area (Å²) in [7, 11) is 0. The fourth-order valence-electron chi connectivity index (χ4n) is 1.12. The molecule has 0 aliphatic heterocycles. The number of carboxylic acid groups (broad SMARTS) is 2. The normalized spacial score (nSPS) is 12.8. The van der Waals surface area contributed by atoms with Gasteiger partial charge < -0.3 is 31.3 Å². The van der Waals surface area contributed by atoms with Crippen molar-refractivity contribution in [2.24, 2.45) is 5.73 Å². The van der Waals surface area contributed by atoms with Gasteiger partial charge >= 0.3 is 11.9 Å². The average molecular weight is 287 g/mol. The molecule has 7 N–H and O–H groups in total. The SMILES string of the molecule is NCC(O)c1cccc(O)c1.O=C(O)CC(O)C(=O)O. The highest BCUT2D eigenvalue weighted by atomic mass is 16.4. The van der Waals surface area contributed by atoms with E-state index in [1.165, 1.54) is 6.07 Å². The molecule has 1 rings (SSSR count). The van der Waals surface area contributed by atoms with Crippen LogP contribution >= 0.6 is 0 Å². The van der Waals surface area contributed by atoms with Crippen LogP contribution in [-0.2, 0) is 9.59 Å². The molecule has 20 heavy (non-hydrogen) atoms. The maximum atomic E-state index is 9.72. The van der Waals surface area contributed by atoms with Gasteiger partial charge in [0.05, 0.1) is 12.5 Å². The number of carbonyl (C=O) groups is 2. The Kier molecular flexibility index (Phi) is 7.90. The number of benzene rings is 1. The molecule has 0 aliphatic carbocycles.